The smallest absolute Gasteiger partial charge is 0.127 e. The second-order valence-electron chi connectivity index (χ2n) is 18.8. The first-order chi connectivity index (χ1) is 33.2. The van der Waals surface area contributed by atoms with Crippen LogP contribution in [-0.2, 0) is 12.8 Å². The van der Waals surface area contributed by atoms with Crippen LogP contribution in [0.2, 0.25) is 0 Å². The minimum absolute atomic E-state index is 0.582. The molecule has 1 heteroatoms. The zero-order valence-corrected chi connectivity index (χ0v) is 43.2. The summed E-state index contributed by atoms with van der Waals surface area (Å²) in [7, 11) is 0. The first kappa shape index (κ1) is 52.7. The second kappa shape index (κ2) is 27.6. The van der Waals surface area contributed by atoms with Crippen LogP contribution in [0.5, 0.6) is 11.5 Å². The highest BCUT2D eigenvalue weighted by Gasteiger charge is 2.06. The van der Waals surface area contributed by atoms with E-state index in [1.807, 2.05) is 48.5 Å². The average Bonchev–Trinajstić information content (AvgIpc) is 3.35. The van der Waals surface area contributed by atoms with E-state index in [0.29, 0.717) is 5.92 Å². The van der Waals surface area contributed by atoms with Crippen LogP contribution in [0.25, 0.3) is 11.1 Å². The normalized spacial score (nSPS) is 10.6. The minimum Gasteiger partial charge on any atom is -0.457 e. The molecule has 0 aliphatic heterocycles. The molecule has 1 unspecified atom stereocenters. The molecule has 0 aromatic heterocycles. The van der Waals surface area contributed by atoms with Gasteiger partial charge in [-0.3, -0.25) is 0 Å². The lowest BCUT2D eigenvalue weighted by Crippen LogP contribution is -1.98. The quantitative estimate of drug-likeness (QED) is 0.148. The lowest BCUT2D eigenvalue weighted by Gasteiger charge is -2.12. The van der Waals surface area contributed by atoms with Crippen molar-refractivity contribution in [3.8, 4) is 22.6 Å². The van der Waals surface area contributed by atoms with E-state index in [1.54, 1.807) is 0 Å². The van der Waals surface area contributed by atoms with Crippen LogP contribution in [0.4, 0.5) is 0 Å². The van der Waals surface area contributed by atoms with E-state index < -0.39 is 0 Å². The van der Waals surface area contributed by atoms with Gasteiger partial charge in [0.1, 0.15) is 11.5 Å². The monoisotopic (exact) mass is 907 g/mol. The van der Waals surface area contributed by atoms with Crippen LogP contribution in [-0.4, -0.2) is 0 Å². The van der Waals surface area contributed by atoms with Crippen molar-refractivity contribution in [3.63, 3.8) is 0 Å². The SMILES string of the molecule is Cc1ccc(-c2ccc(C)cc2)cc1.Cc1ccc(C)cc1.Cc1ccc(CC(C)c2ccc(C)cc2)cc1.Cc1ccc(Cc2ccc(C)cc2)cc1.Cc1ccc(Oc2ccc(C)cc2)cc1. The van der Waals surface area contributed by atoms with Crippen molar-refractivity contribution >= 4 is 0 Å². The van der Waals surface area contributed by atoms with Gasteiger partial charge in [-0.1, -0.05) is 257 Å². The average molecular weight is 907 g/mol. The molecule has 1 atom stereocenters. The number of aryl methyl sites for hydroxylation is 10. The first-order valence-electron chi connectivity index (χ1n) is 24.4. The molecule has 1 nitrogen and oxygen atoms in total. The molecule has 0 aliphatic rings. The van der Waals surface area contributed by atoms with Gasteiger partial charge in [0.15, 0.2) is 0 Å². The molecule has 0 bridgehead atoms. The maximum atomic E-state index is 5.69. The molecule has 0 heterocycles. The lowest BCUT2D eigenvalue weighted by molar-refractivity contribution is 0.482. The molecule has 9 aromatic rings. The largest absolute Gasteiger partial charge is 0.457 e. The van der Waals surface area contributed by atoms with Crippen LogP contribution in [0.15, 0.2) is 218 Å². The molecule has 0 aliphatic carbocycles. The van der Waals surface area contributed by atoms with E-state index in [2.05, 4.69) is 246 Å². The topological polar surface area (TPSA) is 9.23 Å². The molecule has 0 spiro atoms. The van der Waals surface area contributed by atoms with Gasteiger partial charge in [0.2, 0.25) is 0 Å². The molecule has 0 saturated heterocycles. The van der Waals surface area contributed by atoms with Crippen molar-refractivity contribution in [2.24, 2.45) is 0 Å². The number of hydrogen-bond donors (Lipinski definition) is 0. The molecule has 0 saturated carbocycles. The fourth-order valence-corrected chi connectivity index (χ4v) is 7.22. The highest BCUT2D eigenvalue weighted by molar-refractivity contribution is 5.63. The maximum absolute atomic E-state index is 5.69. The summed E-state index contributed by atoms with van der Waals surface area (Å²) in [6, 6.07) is 77.1. The fraction of sp³-hybridized carbons (Fsp3) is 0.206. The van der Waals surface area contributed by atoms with E-state index in [1.165, 1.54) is 89.0 Å². The van der Waals surface area contributed by atoms with Gasteiger partial charge in [0.05, 0.1) is 0 Å². The van der Waals surface area contributed by atoms with Crippen LogP contribution >= 0.6 is 0 Å². The summed E-state index contributed by atoms with van der Waals surface area (Å²) in [5, 5.41) is 0. The van der Waals surface area contributed by atoms with Crippen molar-refractivity contribution in [3.05, 3.63) is 296 Å². The predicted octanol–water partition coefficient (Wildman–Crippen LogP) is 18.9. The van der Waals surface area contributed by atoms with Gasteiger partial charge >= 0.3 is 0 Å². The second-order valence-corrected chi connectivity index (χ2v) is 18.8. The van der Waals surface area contributed by atoms with Crippen molar-refractivity contribution in [2.45, 2.75) is 94.9 Å². The highest BCUT2D eigenvalue weighted by atomic mass is 16.5. The molecule has 9 aromatic carbocycles. The van der Waals surface area contributed by atoms with Crippen LogP contribution in [0, 0.1) is 69.2 Å². The van der Waals surface area contributed by atoms with E-state index >= 15 is 0 Å². The van der Waals surface area contributed by atoms with Gasteiger partial charge in [-0.15, -0.1) is 0 Å². The zero-order valence-electron chi connectivity index (χ0n) is 43.2. The third-order valence-corrected chi connectivity index (χ3v) is 11.9. The molecule has 0 N–H and O–H groups in total. The predicted molar refractivity (Wildman–Crippen MR) is 299 cm³/mol. The summed E-state index contributed by atoms with van der Waals surface area (Å²) >= 11 is 0. The summed E-state index contributed by atoms with van der Waals surface area (Å²) in [4.78, 5) is 0. The van der Waals surface area contributed by atoms with Gasteiger partial charge in [-0.25, -0.2) is 0 Å². The van der Waals surface area contributed by atoms with Crippen LogP contribution in [0.1, 0.15) is 90.7 Å². The Morgan fingerprint density at radius 3 is 0.768 bits per heavy atom. The molecular formula is C68H74O. The van der Waals surface area contributed by atoms with Gasteiger partial charge in [-0.05, 0) is 146 Å². The minimum atomic E-state index is 0.582. The Balaban J connectivity index is 0.000000163. The summed E-state index contributed by atoms with van der Waals surface area (Å²) in [6.45, 7) is 23.3. The van der Waals surface area contributed by atoms with Gasteiger partial charge in [0, 0.05) is 0 Å². The molecular weight excluding hydrogens is 833 g/mol. The number of benzene rings is 9. The summed E-state index contributed by atoms with van der Waals surface area (Å²) < 4.78 is 5.69. The maximum Gasteiger partial charge on any atom is 0.127 e. The van der Waals surface area contributed by atoms with Crippen LogP contribution in [0.3, 0.4) is 0 Å². The molecule has 0 radical (unpaired) electrons. The Bertz CT molecular complexity index is 2560. The van der Waals surface area contributed by atoms with Gasteiger partial charge in [0.25, 0.3) is 0 Å². The lowest BCUT2D eigenvalue weighted by atomic mass is 9.93. The highest BCUT2D eigenvalue weighted by Crippen LogP contribution is 2.23. The van der Waals surface area contributed by atoms with E-state index in [0.717, 1.165) is 24.3 Å². The molecule has 352 valence electrons. The third kappa shape index (κ3) is 19.9. The van der Waals surface area contributed by atoms with E-state index in [9.17, 15) is 0 Å². The van der Waals surface area contributed by atoms with Crippen molar-refractivity contribution < 1.29 is 4.74 Å². The molecule has 0 amide bonds. The first-order valence-corrected chi connectivity index (χ1v) is 24.4. The Kier molecular flexibility index (Phi) is 21.1. The Morgan fingerprint density at radius 1 is 0.261 bits per heavy atom. The summed E-state index contributed by atoms with van der Waals surface area (Å²) in [6.07, 6.45) is 2.14. The number of rotatable bonds is 8. The van der Waals surface area contributed by atoms with Crippen LogP contribution < -0.4 is 4.74 Å². The van der Waals surface area contributed by atoms with E-state index in [-0.39, 0.29) is 0 Å². The molecule has 0 fully saturated rings. The number of ether oxygens (including phenoxy) is 1. The zero-order chi connectivity index (χ0) is 49.5. The standard InChI is InChI=1S/C17H20.C15H16.C14H14O.C14H14.C8H10/c1-13-4-8-16(9-5-13)12-15(3)17-10-6-14(2)7-11-17;1-12-3-7-14(8-4-12)11-15-9-5-13(2)6-10-15;1-11-3-7-13(8-4-11)15-14-9-5-12(2)6-10-14;1-11-3-7-13(8-4-11)14-9-5-12(2)6-10-14;1-7-3-5-8(2)6-4-7/h4-11,15H,12H2,1-3H3;3-10H,11H2,1-2H3;3-10H,1-2H3;3-10H,1-2H3;3-6H,1-2H3. The molecule has 9 rings (SSSR count). The summed E-state index contributed by atoms with van der Waals surface area (Å²) in [5.41, 5.74) is 21.2. The van der Waals surface area contributed by atoms with Crippen molar-refractivity contribution in [1.82, 2.24) is 0 Å². The third-order valence-electron chi connectivity index (χ3n) is 11.9. The van der Waals surface area contributed by atoms with Crippen molar-refractivity contribution in [1.29, 1.82) is 0 Å². The molecule has 69 heavy (non-hydrogen) atoms. The summed E-state index contributed by atoms with van der Waals surface area (Å²) in [5.74, 6) is 2.34. The number of hydrogen-bond acceptors (Lipinski definition) is 1. The van der Waals surface area contributed by atoms with Gasteiger partial charge in [-0.2, -0.15) is 0 Å². The van der Waals surface area contributed by atoms with Crippen molar-refractivity contribution in [2.75, 3.05) is 0 Å². The van der Waals surface area contributed by atoms with Gasteiger partial charge < -0.3 is 4.74 Å². The Hall–Kier alpha value is -7.22. The Morgan fingerprint density at radius 2 is 0.478 bits per heavy atom. The van der Waals surface area contributed by atoms with E-state index in [4.69, 9.17) is 4.74 Å². The Labute approximate surface area is 416 Å². The fourth-order valence-electron chi connectivity index (χ4n) is 7.22.